The van der Waals surface area contributed by atoms with E-state index in [-0.39, 0.29) is 0 Å². The molecular formula is C16H19N5O. The standard InChI is InChI=1S/C16H19N5O/c1-12(2)21-9-8-14(19-21)10-20-11-17-18-16(20)15(22)13-6-4-3-5-7-13/h3-9,11-12,15,22H,10H2,1-2H3. The van der Waals surface area contributed by atoms with Gasteiger partial charge in [-0.2, -0.15) is 5.10 Å². The van der Waals surface area contributed by atoms with E-state index in [2.05, 4.69) is 29.1 Å². The molecule has 0 amide bonds. The van der Waals surface area contributed by atoms with Gasteiger partial charge in [-0.3, -0.25) is 4.68 Å². The fraction of sp³-hybridized carbons (Fsp3) is 0.312. The highest BCUT2D eigenvalue weighted by atomic mass is 16.3. The van der Waals surface area contributed by atoms with Crippen molar-refractivity contribution in [2.24, 2.45) is 0 Å². The van der Waals surface area contributed by atoms with Crippen LogP contribution in [0.2, 0.25) is 0 Å². The first kappa shape index (κ1) is 14.5. The third-order valence-electron chi connectivity index (χ3n) is 3.53. The number of aliphatic hydroxyl groups excluding tert-OH is 1. The highest BCUT2D eigenvalue weighted by molar-refractivity contribution is 5.22. The van der Waals surface area contributed by atoms with Gasteiger partial charge in [-0.25, -0.2) is 0 Å². The average Bonchev–Trinajstić information content (AvgIpc) is 3.17. The highest BCUT2D eigenvalue weighted by Gasteiger charge is 2.17. The van der Waals surface area contributed by atoms with E-state index in [0.717, 1.165) is 11.3 Å². The Morgan fingerprint density at radius 3 is 2.59 bits per heavy atom. The Balaban J connectivity index is 1.82. The lowest BCUT2D eigenvalue weighted by molar-refractivity contribution is 0.204. The van der Waals surface area contributed by atoms with Crippen LogP contribution < -0.4 is 0 Å². The van der Waals surface area contributed by atoms with Crippen molar-refractivity contribution in [1.29, 1.82) is 0 Å². The summed E-state index contributed by atoms with van der Waals surface area (Å²) in [5, 5.41) is 23.0. The maximum atomic E-state index is 10.5. The predicted octanol–water partition coefficient (Wildman–Crippen LogP) is 2.19. The fourth-order valence-corrected chi connectivity index (χ4v) is 2.31. The second kappa shape index (κ2) is 6.11. The van der Waals surface area contributed by atoms with Gasteiger partial charge in [0.15, 0.2) is 5.82 Å². The zero-order valence-electron chi connectivity index (χ0n) is 12.7. The largest absolute Gasteiger partial charge is 0.380 e. The fourth-order valence-electron chi connectivity index (χ4n) is 2.31. The van der Waals surface area contributed by atoms with Crippen molar-refractivity contribution in [2.45, 2.75) is 32.5 Å². The van der Waals surface area contributed by atoms with Gasteiger partial charge in [0.25, 0.3) is 0 Å². The number of nitrogens with zero attached hydrogens (tertiary/aromatic N) is 5. The van der Waals surface area contributed by atoms with Gasteiger partial charge in [0, 0.05) is 12.2 Å². The van der Waals surface area contributed by atoms with Crippen LogP contribution in [0.4, 0.5) is 0 Å². The van der Waals surface area contributed by atoms with Crippen molar-refractivity contribution in [3.63, 3.8) is 0 Å². The Kier molecular flexibility index (Phi) is 4.02. The molecule has 1 unspecified atom stereocenters. The van der Waals surface area contributed by atoms with Crippen molar-refractivity contribution in [1.82, 2.24) is 24.5 Å². The summed E-state index contributed by atoms with van der Waals surface area (Å²) >= 11 is 0. The molecule has 0 fully saturated rings. The molecule has 0 saturated heterocycles. The van der Waals surface area contributed by atoms with E-state index in [4.69, 9.17) is 0 Å². The molecule has 1 aromatic carbocycles. The van der Waals surface area contributed by atoms with E-state index in [1.165, 1.54) is 0 Å². The molecular weight excluding hydrogens is 278 g/mol. The van der Waals surface area contributed by atoms with Crippen molar-refractivity contribution in [3.05, 3.63) is 66.0 Å². The summed E-state index contributed by atoms with van der Waals surface area (Å²) in [4.78, 5) is 0. The van der Waals surface area contributed by atoms with Crippen molar-refractivity contribution in [2.75, 3.05) is 0 Å². The second-order valence-corrected chi connectivity index (χ2v) is 5.51. The monoisotopic (exact) mass is 297 g/mol. The first-order valence-corrected chi connectivity index (χ1v) is 7.30. The lowest BCUT2D eigenvalue weighted by Gasteiger charge is -2.11. The van der Waals surface area contributed by atoms with E-state index >= 15 is 0 Å². The van der Waals surface area contributed by atoms with Crippen LogP contribution in [0.15, 0.2) is 48.9 Å². The van der Waals surface area contributed by atoms with Crippen LogP contribution in [0.3, 0.4) is 0 Å². The van der Waals surface area contributed by atoms with Gasteiger partial charge in [-0.1, -0.05) is 30.3 Å². The number of benzene rings is 1. The SMILES string of the molecule is CC(C)n1ccc(Cn2cnnc2C(O)c2ccccc2)n1. The van der Waals surface area contributed by atoms with E-state index in [1.807, 2.05) is 51.8 Å². The minimum Gasteiger partial charge on any atom is -0.380 e. The Bertz CT molecular complexity index is 732. The van der Waals surface area contributed by atoms with Crippen LogP contribution in [-0.2, 0) is 6.54 Å². The average molecular weight is 297 g/mol. The minimum atomic E-state index is -0.795. The molecule has 22 heavy (non-hydrogen) atoms. The van der Waals surface area contributed by atoms with Gasteiger partial charge in [-0.15, -0.1) is 10.2 Å². The van der Waals surface area contributed by atoms with Crippen LogP contribution in [-0.4, -0.2) is 29.7 Å². The first-order chi connectivity index (χ1) is 10.6. The van der Waals surface area contributed by atoms with Crippen molar-refractivity contribution < 1.29 is 5.11 Å². The van der Waals surface area contributed by atoms with E-state index in [9.17, 15) is 5.11 Å². The number of rotatable bonds is 5. The summed E-state index contributed by atoms with van der Waals surface area (Å²) < 4.78 is 3.73. The van der Waals surface area contributed by atoms with Crippen LogP contribution in [0, 0.1) is 0 Å². The van der Waals surface area contributed by atoms with Gasteiger partial charge in [0.2, 0.25) is 0 Å². The molecule has 3 aromatic rings. The maximum absolute atomic E-state index is 10.5. The summed E-state index contributed by atoms with van der Waals surface area (Å²) in [7, 11) is 0. The van der Waals surface area contributed by atoms with Gasteiger partial charge in [-0.05, 0) is 25.5 Å². The molecule has 0 radical (unpaired) electrons. The molecule has 0 aliphatic heterocycles. The third-order valence-corrected chi connectivity index (χ3v) is 3.53. The summed E-state index contributed by atoms with van der Waals surface area (Å²) in [6, 6.07) is 11.7. The Morgan fingerprint density at radius 1 is 1.14 bits per heavy atom. The molecule has 6 nitrogen and oxygen atoms in total. The van der Waals surface area contributed by atoms with E-state index < -0.39 is 6.10 Å². The smallest absolute Gasteiger partial charge is 0.166 e. The Labute approximate surface area is 129 Å². The summed E-state index contributed by atoms with van der Waals surface area (Å²) in [5.41, 5.74) is 1.71. The molecule has 1 atom stereocenters. The van der Waals surface area contributed by atoms with Crippen molar-refractivity contribution in [3.8, 4) is 0 Å². The minimum absolute atomic E-state index is 0.323. The molecule has 6 heteroatoms. The molecule has 0 spiro atoms. The summed E-state index contributed by atoms with van der Waals surface area (Å²) in [6.45, 7) is 4.70. The molecule has 0 aliphatic rings. The first-order valence-electron chi connectivity index (χ1n) is 7.30. The van der Waals surface area contributed by atoms with Crippen LogP contribution >= 0.6 is 0 Å². The maximum Gasteiger partial charge on any atom is 0.166 e. The predicted molar refractivity (Wildman–Crippen MR) is 82.2 cm³/mol. The van der Waals surface area contributed by atoms with E-state index in [0.29, 0.717) is 18.4 Å². The number of hydrogen-bond acceptors (Lipinski definition) is 4. The van der Waals surface area contributed by atoms with Gasteiger partial charge in [0.05, 0.1) is 12.2 Å². The Hall–Kier alpha value is -2.47. The quantitative estimate of drug-likeness (QED) is 0.783. The van der Waals surface area contributed by atoms with Crippen molar-refractivity contribution >= 4 is 0 Å². The zero-order chi connectivity index (χ0) is 15.5. The molecule has 0 bridgehead atoms. The molecule has 0 saturated carbocycles. The van der Waals surface area contributed by atoms with Gasteiger partial charge < -0.3 is 9.67 Å². The summed E-state index contributed by atoms with van der Waals surface area (Å²) in [5.74, 6) is 0.519. The highest BCUT2D eigenvalue weighted by Crippen LogP contribution is 2.20. The second-order valence-electron chi connectivity index (χ2n) is 5.51. The number of aliphatic hydroxyl groups is 1. The van der Waals surface area contributed by atoms with Crippen LogP contribution in [0.25, 0.3) is 0 Å². The topological polar surface area (TPSA) is 68.8 Å². The zero-order valence-corrected chi connectivity index (χ0v) is 12.7. The molecule has 114 valence electrons. The van der Waals surface area contributed by atoms with Crippen LogP contribution in [0.1, 0.15) is 43.1 Å². The van der Waals surface area contributed by atoms with E-state index in [1.54, 1.807) is 6.33 Å². The lowest BCUT2D eigenvalue weighted by Crippen LogP contribution is -2.11. The normalized spacial score (nSPS) is 12.7. The molecule has 2 heterocycles. The number of aromatic nitrogens is 5. The van der Waals surface area contributed by atoms with Gasteiger partial charge >= 0.3 is 0 Å². The molecule has 3 rings (SSSR count). The van der Waals surface area contributed by atoms with Gasteiger partial charge in [0.1, 0.15) is 12.4 Å². The Morgan fingerprint density at radius 2 is 1.91 bits per heavy atom. The molecule has 0 aliphatic carbocycles. The third kappa shape index (κ3) is 2.92. The number of hydrogen-bond donors (Lipinski definition) is 1. The summed E-state index contributed by atoms with van der Waals surface area (Å²) in [6.07, 6.45) is 2.78. The molecule has 1 N–H and O–H groups in total. The molecule has 2 aromatic heterocycles. The lowest BCUT2D eigenvalue weighted by atomic mass is 10.1. The van der Waals surface area contributed by atoms with Crippen LogP contribution in [0.5, 0.6) is 0 Å².